The molecule has 0 radical (unpaired) electrons. The van der Waals surface area contributed by atoms with Crippen LogP contribution in [-0.4, -0.2) is 40.1 Å². The number of thioether (sulfide) groups is 1. The minimum Gasteiger partial charge on any atom is -0.413 e. The van der Waals surface area contributed by atoms with Crippen LogP contribution >= 0.6 is 24.4 Å². The van der Waals surface area contributed by atoms with Gasteiger partial charge in [-0.1, -0.05) is 82.4 Å². The highest BCUT2D eigenvalue weighted by molar-refractivity contribution is 8.10. The van der Waals surface area contributed by atoms with Crippen LogP contribution in [-0.2, 0) is 20.4 Å². The Kier molecular flexibility index (Phi) is 7.75. The fourth-order valence-electron chi connectivity index (χ4n) is 4.95. The highest BCUT2D eigenvalue weighted by Gasteiger charge is 2.69. The average molecular weight is 571 g/mol. The summed E-state index contributed by atoms with van der Waals surface area (Å²) in [5.41, 5.74) is 1.87. The number of nitro groups is 1. The Morgan fingerprint density at radius 2 is 1.79 bits per heavy atom. The molecule has 1 saturated heterocycles. The second-order valence-corrected chi connectivity index (χ2v) is 17.9. The molecule has 2 aliphatic heterocycles. The standard InChI is InChI=1S/C28H34N2O5S2Si/c1-7-21(35-38(5,6)27(2,3)4)22-25(31)29-23(26(32)36)24(19-13-15-20(16-14-19)30(33)34)37-28(22,29)17-18-11-9-8-10-12-18/h8-16,21-22H,7,17H2,1-6H3,(H,32,36)/t21-,22+,28+/m0/s1. The van der Waals surface area contributed by atoms with Crippen LogP contribution in [0.3, 0.4) is 0 Å². The maximum Gasteiger partial charge on any atom is 0.269 e. The summed E-state index contributed by atoms with van der Waals surface area (Å²) in [5, 5.41) is 10.7. The number of amides is 1. The maximum atomic E-state index is 13.9. The van der Waals surface area contributed by atoms with E-state index in [9.17, 15) is 19.7 Å². The molecular formula is C28H34N2O5S2Si. The van der Waals surface area contributed by atoms with Crippen LogP contribution in [0.25, 0.3) is 4.91 Å². The molecule has 2 heterocycles. The number of fused-ring (bicyclic) bond motifs is 1. The molecule has 7 nitrogen and oxygen atoms in total. The monoisotopic (exact) mass is 570 g/mol. The first-order chi connectivity index (χ1) is 17.7. The Morgan fingerprint density at radius 3 is 2.29 bits per heavy atom. The zero-order chi connectivity index (χ0) is 28.0. The van der Waals surface area contributed by atoms with Crippen molar-refractivity contribution in [1.29, 1.82) is 0 Å². The molecule has 0 N–H and O–H groups in total. The summed E-state index contributed by atoms with van der Waals surface area (Å²) in [6.07, 6.45) is 0.862. The molecule has 2 aromatic carbocycles. The molecule has 38 heavy (non-hydrogen) atoms. The van der Waals surface area contributed by atoms with Crippen molar-refractivity contribution in [2.24, 2.45) is 5.92 Å². The fourth-order valence-corrected chi connectivity index (χ4v) is 8.43. The number of benzene rings is 2. The van der Waals surface area contributed by atoms with Gasteiger partial charge < -0.3 is 4.43 Å². The molecule has 3 atom stereocenters. The number of nitrogens with zero attached hydrogens (tertiary/aromatic N) is 2. The molecule has 2 aromatic rings. The summed E-state index contributed by atoms with van der Waals surface area (Å²) < 4.78 is 6.86. The van der Waals surface area contributed by atoms with Gasteiger partial charge in [0.15, 0.2) is 8.32 Å². The first kappa shape index (κ1) is 28.6. The maximum absolute atomic E-state index is 13.9. The second kappa shape index (κ2) is 10.3. The van der Waals surface area contributed by atoms with Crippen molar-refractivity contribution in [2.45, 2.75) is 69.6 Å². The van der Waals surface area contributed by atoms with Gasteiger partial charge in [0.2, 0.25) is 11.0 Å². The third-order valence-electron chi connectivity index (χ3n) is 7.94. The fraction of sp³-hybridized carbons (Fsp3) is 0.429. The number of hydrogen-bond donors (Lipinski definition) is 1. The lowest BCUT2D eigenvalue weighted by atomic mass is 9.77. The van der Waals surface area contributed by atoms with Crippen molar-refractivity contribution >= 4 is 54.3 Å². The number of non-ortho nitro benzene ring substituents is 1. The van der Waals surface area contributed by atoms with Gasteiger partial charge in [0, 0.05) is 23.5 Å². The number of hydrogen-bond acceptors (Lipinski definition) is 6. The van der Waals surface area contributed by atoms with Crippen molar-refractivity contribution in [1.82, 2.24) is 4.90 Å². The third-order valence-corrected chi connectivity index (χ3v) is 14.2. The Morgan fingerprint density at radius 1 is 1.18 bits per heavy atom. The second-order valence-electron chi connectivity index (χ2n) is 11.4. The summed E-state index contributed by atoms with van der Waals surface area (Å²) in [4.78, 5) is 39.1. The van der Waals surface area contributed by atoms with Gasteiger partial charge in [-0.15, -0.1) is 0 Å². The zero-order valence-electron chi connectivity index (χ0n) is 22.6. The number of carbonyl (C=O) groups excluding carboxylic acids is 2. The molecule has 0 bridgehead atoms. The van der Waals surface area contributed by atoms with Crippen LogP contribution in [0.1, 0.15) is 45.2 Å². The van der Waals surface area contributed by atoms with Gasteiger partial charge in [0.05, 0.1) is 16.9 Å². The minimum absolute atomic E-state index is 0.0310. The molecule has 0 spiro atoms. The van der Waals surface area contributed by atoms with E-state index in [-0.39, 0.29) is 28.4 Å². The van der Waals surface area contributed by atoms with Crippen LogP contribution in [0.15, 0.2) is 60.3 Å². The highest BCUT2D eigenvalue weighted by atomic mass is 32.2. The average Bonchev–Trinajstić information content (AvgIpc) is 3.14. The van der Waals surface area contributed by atoms with E-state index in [0.717, 1.165) is 5.56 Å². The van der Waals surface area contributed by atoms with Gasteiger partial charge in [-0.3, -0.25) is 24.6 Å². The Bertz CT molecular complexity index is 1290. The van der Waals surface area contributed by atoms with Crippen LogP contribution in [0.2, 0.25) is 18.1 Å². The molecule has 1 fully saturated rings. The Hall–Kier alpha value is -2.40. The van der Waals surface area contributed by atoms with Gasteiger partial charge in [0.25, 0.3) is 5.69 Å². The van der Waals surface area contributed by atoms with E-state index < -0.39 is 29.1 Å². The SMILES string of the molecule is CC[C@H](O[Si](C)(C)C(C)(C)C)[C@@H]1C(=O)N2C(C(=O)S)=C(c3ccc([N+](=O)[O-])cc3)S[C@]12Cc1ccccc1. The first-order valence-electron chi connectivity index (χ1n) is 12.7. The molecule has 0 aliphatic carbocycles. The van der Waals surface area contributed by atoms with E-state index in [2.05, 4.69) is 46.5 Å². The number of nitro benzene ring substituents is 1. The van der Waals surface area contributed by atoms with Gasteiger partial charge in [0.1, 0.15) is 10.6 Å². The van der Waals surface area contributed by atoms with Crippen LogP contribution in [0.4, 0.5) is 5.69 Å². The number of β-lactam (4-membered cyclic amide) rings is 1. The normalized spacial score (nSPS) is 22.2. The summed E-state index contributed by atoms with van der Waals surface area (Å²) >= 11 is 5.64. The van der Waals surface area contributed by atoms with Crippen LogP contribution in [0.5, 0.6) is 0 Å². The Labute approximate surface area is 234 Å². The van der Waals surface area contributed by atoms with E-state index in [1.54, 1.807) is 17.0 Å². The number of carbonyl (C=O) groups is 2. The highest BCUT2D eigenvalue weighted by Crippen LogP contribution is 2.63. The van der Waals surface area contributed by atoms with Gasteiger partial charge in [-0.05, 0) is 47.8 Å². The van der Waals surface area contributed by atoms with Crippen molar-refractivity contribution in [3.63, 3.8) is 0 Å². The molecule has 2 aliphatic rings. The molecule has 4 rings (SSSR count). The lowest BCUT2D eigenvalue weighted by molar-refractivity contribution is -0.384. The first-order valence-corrected chi connectivity index (χ1v) is 16.9. The van der Waals surface area contributed by atoms with Crippen LogP contribution in [0, 0.1) is 16.0 Å². The number of thiol groups is 1. The van der Waals surface area contributed by atoms with E-state index in [0.29, 0.717) is 23.3 Å². The molecule has 10 heteroatoms. The van der Waals surface area contributed by atoms with Crippen molar-refractivity contribution < 1.29 is 18.9 Å². The van der Waals surface area contributed by atoms with Crippen molar-refractivity contribution in [3.8, 4) is 0 Å². The minimum atomic E-state index is -2.21. The van der Waals surface area contributed by atoms with E-state index in [1.165, 1.54) is 23.9 Å². The molecule has 0 unspecified atom stereocenters. The van der Waals surface area contributed by atoms with Gasteiger partial charge >= 0.3 is 0 Å². The Balaban J connectivity index is 1.81. The molecule has 1 amide bonds. The van der Waals surface area contributed by atoms with Gasteiger partial charge in [-0.2, -0.15) is 0 Å². The van der Waals surface area contributed by atoms with E-state index in [4.69, 9.17) is 4.43 Å². The summed E-state index contributed by atoms with van der Waals surface area (Å²) in [6.45, 7) is 12.9. The molecular weight excluding hydrogens is 537 g/mol. The predicted octanol–water partition coefficient (Wildman–Crippen LogP) is 6.66. The van der Waals surface area contributed by atoms with E-state index >= 15 is 0 Å². The van der Waals surface area contributed by atoms with E-state index in [1.807, 2.05) is 37.3 Å². The largest absolute Gasteiger partial charge is 0.413 e. The summed E-state index contributed by atoms with van der Waals surface area (Å²) in [7, 11) is -2.21. The number of rotatable bonds is 9. The smallest absolute Gasteiger partial charge is 0.269 e. The van der Waals surface area contributed by atoms with Crippen LogP contribution < -0.4 is 0 Å². The molecule has 202 valence electrons. The van der Waals surface area contributed by atoms with Crippen molar-refractivity contribution in [2.75, 3.05) is 0 Å². The zero-order valence-corrected chi connectivity index (χ0v) is 25.3. The van der Waals surface area contributed by atoms with Gasteiger partial charge in [-0.25, -0.2) is 0 Å². The topological polar surface area (TPSA) is 89.8 Å². The molecule has 0 saturated carbocycles. The molecule has 0 aromatic heterocycles. The predicted molar refractivity (Wildman–Crippen MR) is 157 cm³/mol. The third kappa shape index (κ3) is 4.87. The lowest BCUT2D eigenvalue weighted by Crippen LogP contribution is -2.72. The summed E-state index contributed by atoms with van der Waals surface area (Å²) in [5.74, 6) is -0.613. The lowest BCUT2D eigenvalue weighted by Gasteiger charge is -2.57. The summed E-state index contributed by atoms with van der Waals surface area (Å²) in [6, 6.07) is 16.0. The quantitative estimate of drug-likeness (QED) is 0.119. The van der Waals surface area contributed by atoms with Crippen molar-refractivity contribution in [3.05, 3.63) is 81.5 Å².